The van der Waals surface area contributed by atoms with Gasteiger partial charge in [0.1, 0.15) is 6.08 Å². The van der Waals surface area contributed by atoms with Crippen LogP contribution >= 0.6 is 0 Å². The molecule has 3 heteroatoms. The molecule has 1 amide bonds. The SMILES string of the molecule is [2H]C(CC(C)(C)C)(OC(=O)N(CC)CC)c1ccccc1. The molecule has 1 aromatic rings. The fourth-order valence-corrected chi connectivity index (χ4v) is 1.95. The number of carbonyl (C=O) groups excluding carboxylic acids is 1. The van der Waals surface area contributed by atoms with Crippen molar-refractivity contribution in [3.63, 3.8) is 0 Å². The van der Waals surface area contributed by atoms with E-state index in [1.165, 1.54) is 0 Å². The highest BCUT2D eigenvalue weighted by molar-refractivity contribution is 5.67. The number of amides is 1. The van der Waals surface area contributed by atoms with Crippen molar-refractivity contribution in [2.45, 2.75) is 47.1 Å². The van der Waals surface area contributed by atoms with Crippen molar-refractivity contribution < 1.29 is 10.9 Å². The molecule has 1 rings (SSSR count). The molecule has 0 spiro atoms. The van der Waals surface area contributed by atoms with E-state index in [0.29, 0.717) is 25.1 Å². The predicted octanol–water partition coefficient (Wildman–Crippen LogP) is 4.64. The lowest BCUT2D eigenvalue weighted by molar-refractivity contribution is 0.0452. The Kier molecular flexibility index (Phi) is 5.45. The second kappa shape index (κ2) is 7.32. The minimum atomic E-state index is -1.36. The van der Waals surface area contributed by atoms with Crippen molar-refractivity contribution in [1.29, 1.82) is 0 Å². The summed E-state index contributed by atoms with van der Waals surface area (Å²) in [5.74, 6) is 0. The van der Waals surface area contributed by atoms with Gasteiger partial charge >= 0.3 is 6.09 Å². The van der Waals surface area contributed by atoms with E-state index in [9.17, 15) is 4.79 Å². The van der Waals surface area contributed by atoms with E-state index in [1.807, 2.05) is 65.0 Å². The quantitative estimate of drug-likeness (QED) is 0.785. The topological polar surface area (TPSA) is 29.5 Å². The van der Waals surface area contributed by atoms with Gasteiger partial charge < -0.3 is 9.64 Å². The van der Waals surface area contributed by atoms with E-state index in [4.69, 9.17) is 6.11 Å². The van der Waals surface area contributed by atoms with Gasteiger partial charge in [-0.1, -0.05) is 51.1 Å². The Morgan fingerprint density at radius 2 is 1.80 bits per heavy atom. The molecule has 0 bridgehead atoms. The highest BCUT2D eigenvalue weighted by atomic mass is 16.6. The van der Waals surface area contributed by atoms with Crippen LogP contribution in [0.3, 0.4) is 0 Å². The summed E-state index contributed by atoms with van der Waals surface area (Å²) in [6.45, 7) is 11.1. The van der Waals surface area contributed by atoms with Crippen LogP contribution in [0.5, 0.6) is 0 Å². The molecule has 1 aromatic carbocycles. The number of ether oxygens (including phenoxy) is 1. The van der Waals surface area contributed by atoms with Gasteiger partial charge in [-0.25, -0.2) is 4.79 Å². The smallest absolute Gasteiger partial charge is 0.410 e. The molecular formula is C17H27NO2. The molecule has 0 N–H and O–H groups in total. The molecule has 3 nitrogen and oxygen atoms in total. The minimum absolute atomic E-state index is 0.124. The van der Waals surface area contributed by atoms with Crippen molar-refractivity contribution in [3.05, 3.63) is 35.9 Å². The molecule has 0 aliphatic rings. The number of rotatable bonds is 5. The third kappa shape index (κ3) is 5.24. The summed E-state index contributed by atoms with van der Waals surface area (Å²) >= 11 is 0. The van der Waals surface area contributed by atoms with Gasteiger partial charge in [-0.3, -0.25) is 0 Å². The fraction of sp³-hybridized carbons (Fsp3) is 0.588. The lowest BCUT2D eigenvalue weighted by Crippen LogP contribution is -2.32. The van der Waals surface area contributed by atoms with E-state index < -0.39 is 12.2 Å². The maximum absolute atomic E-state index is 12.3. The predicted molar refractivity (Wildman–Crippen MR) is 82.7 cm³/mol. The number of nitrogens with zero attached hydrogens (tertiary/aromatic N) is 1. The molecular weight excluding hydrogens is 250 g/mol. The molecule has 0 heterocycles. The molecule has 1 unspecified atom stereocenters. The van der Waals surface area contributed by atoms with Crippen LogP contribution in [0.15, 0.2) is 30.3 Å². The van der Waals surface area contributed by atoms with Crippen LogP contribution in [0, 0.1) is 5.41 Å². The van der Waals surface area contributed by atoms with E-state index in [2.05, 4.69) is 0 Å². The molecule has 1 atom stereocenters. The lowest BCUT2D eigenvalue weighted by Gasteiger charge is -2.28. The molecule has 20 heavy (non-hydrogen) atoms. The van der Waals surface area contributed by atoms with Crippen molar-refractivity contribution in [2.24, 2.45) is 5.41 Å². The van der Waals surface area contributed by atoms with Gasteiger partial charge in [0.15, 0.2) is 0 Å². The molecule has 0 saturated carbocycles. The second-order valence-electron chi connectivity index (χ2n) is 6.07. The molecule has 0 aliphatic carbocycles. The largest absolute Gasteiger partial charge is 0.441 e. The summed E-state index contributed by atoms with van der Waals surface area (Å²) in [4.78, 5) is 13.9. The third-order valence-corrected chi connectivity index (χ3v) is 3.02. The normalized spacial score (nSPS) is 15.2. The summed E-state index contributed by atoms with van der Waals surface area (Å²) in [5, 5.41) is 0. The number of benzene rings is 1. The Labute approximate surface area is 124 Å². The first-order valence-electron chi connectivity index (χ1n) is 7.75. The molecule has 0 aliphatic heterocycles. The van der Waals surface area contributed by atoms with Crippen LogP contribution in [0.2, 0.25) is 0 Å². The van der Waals surface area contributed by atoms with Gasteiger partial charge in [0.2, 0.25) is 0 Å². The number of carbonyl (C=O) groups is 1. The molecule has 0 aromatic heterocycles. The van der Waals surface area contributed by atoms with Gasteiger partial charge in [0.25, 0.3) is 0 Å². The van der Waals surface area contributed by atoms with Gasteiger partial charge in [-0.2, -0.15) is 0 Å². The standard InChI is InChI=1S/C17H27NO2/c1-6-18(7-2)16(19)20-15(13-17(3,4)5)14-11-9-8-10-12-14/h8-12,15H,6-7,13H2,1-5H3/i15D. The summed E-state index contributed by atoms with van der Waals surface area (Å²) in [7, 11) is 0. The Hall–Kier alpha value is -1.51. The van der Waals surface area contributed by atoms with Gasteiger partial charge in [-0.05, 0) is 31.2 Å². The van der Waals surface area contributed by atoms with Crippen LogP contribution in [0.1, 0.15) is 54.1 Å². The first-order valence-corrected chi connectivity index (χ1v) is 7.25. The van der Waals surface area contributed by atoms with Crippen LogP contribution in [-0.2, 0) is 4.74 Å². The minimum Gasteiger partial charge on any atom is -0.441 e. The number of hydrogen-bond donors (Lipinski definition) is 0. The maximum Gasteiger partial charge on any atom is 0.410 e. The zero-order valence-corrected chi connectivity index (χ0v) is 13.3. The second-order valence-corrected chi connectivity index (χ2v) is 6.07. The Bertz CT molecular complexity index is 452. The highest BCUT2D eigenvalue weighted by Gasteiger charge is 2.25. The molecule has 112 valence electrons. The summed E-state index contributed by atoms with van der Waals surface area (Å²) < 4.78 is 14.3. The van der Waals surface area contributed by atoms with E-state index in [-0.39, 0.29) is 5.41 Å². The van der Waals surface area contributed by atoms with Crippen molar-refractivity contribution in [3.8, 4) is 0 Å². The van der Waals surface area contributed by atoms with Crippen LogP contribution < -0.4 is 0 Å². The van der Waals surface area contributed by atoms with E-state index >= 15 is 0 Å². The van der Waals surface area contributed by atoms with Crippen LogP contribution in [0.25, 0.3) is 0 Å². The summed E-state index contributed by atoms with van der Waals surface area (Å²) in [6, 6.07) is 9.31. The average Bonchev–Trinajstić information content (AvgIpc) is 2.39. The van der Waals surface area contributed by atoms with Crippen molar-refractivity contribution in [2.75, 3.05) is 13.1 Å². The van der Waals surface area contributed by atoms with Gasteiger partial charge in [0.05, 0.1) is 1.37 Å². The van der Waals surface area contributed by atoms with Crippen molar-refractivity contribution in [1.82, 2.24) is 4.90 Å². The van der Waals surface area contributed by atoms with E-state index in [0.717, 1.165) is 0 Å². The molecule has 0 fully saturated rings. The van der Waals surface area contributed by atoms with Crippen LogP contribution in [-0.4, -0.2) is 24.1 Å². The zero-order valence-electron chi connectivity index (χ0n) is 14.3. The van der Waals surface area contributed by atoms with E-state index in [1.54, 1.807) is 4.90 Å². The first kappa shape index (κ1) is 14.9. The Morgan fingerprint density at radius 1 is 1.25 bits per heavy atom. The zero-order chi connectivity index (χ0) is 16.1. The number of hydrogen-bond acceptors (Lipinski definition) is 2. The average molecular weight is 278 g/mol. The van der Waals surface area contributed by atoms with Gasteiger partial charge in [-0.15, -0.1) is 0 Å². The summed E-state index contributed by atoms with van der Waals surface area (Å²) in [6.07, 6.45) is -1.35. The first-order chi connectivity index (χ1) is 9.72. The summed E-state index contributed by atoms with van der Waals surface area (Å²) in [5.41, 5.74) is 0.585. The highest BCUT2D eigenvalue weighted by Crippen LogP contribution is 2.32. The molecule has 0 saturated heterocycles. The van der Waals surface area contributed by atoms with Gasteiger partial charge in [0, 0.05) is 13.1 Å². The maximum atomic E-state index is 12.3. The lowest BCUT2D eigenvalue weighted by atomic mass is 9.87. The third-order valence-electron chi connectivity index (χ3n) is 3.02. The van der Waals surface area contributed by atoms with Crippen LogP contribution in [0.4, 0.5) is 4.79 Å². The monoisotopic (exact) mass is 278 g/mol. The fourth-order valence-electron chi connectivity index (χ4n) is 1.95. The van der Waals surface area contributed by atoms with Crippen molar-refractivity contribution >= 4 is 6.09 Å². The Balaban J connectivity index is 3.06. The Morgan fingerprint density at radius 3 is 2.25 bits per heavy atom. The molecule has 0 radical (unpaired) electrons.